The van der Waals surface area contributed by atoms with Crippen molar-refractivity contribution in [1.29, 1.82) is 0 Å². The number of aryl methyl sites for hydroxylation is 1. The van der Waals surface area contributed by atoms with Gasteiger partial charge in [0.05, 0.1) is 6.10 Å². The van der Waals surface area contributed by atoms with Gasteiger partial charge in [-0.25, -0.2) is 5.48 Å². The SMILES string of the molecule is CCc1ccc(/C=C/C(=O)NOC2CCCC2)cc1. The summed E-state index contributed by atoms with van der Waals surface area (Å²) in [6.07, 6.45) is 9.01. The van der Waals surface area contributed by atoms with Crippen molar-refractivity contribution >= 4 is 12.0 Å². The van der Waals surface area contributed by atoms with Gasteiger partial charge in [0.1, 0.15) is 0 Å². The highest BCUT2D eigenvalue weighted by atomic mass is 16.7. The maximum Gasteiger partial charge on any atom is 0.267 e. The fourth-order valence-electron chi connectivity index (χ4n) is 2.22. The van der Waals surface area contributed by atoms with Crippen LogP contribution >= 0.6 is 0 Å². The van der Waals surface area contributed by atoms with Crippen LogP contribution in [0.4, 0.5) is 0 Å². The molecular weight excluding hydrogens is 238 g/mol. The van der Waals surface area contributed by atoms with Crippen LogP contribution in [0.5, 0.6) is 0 Å². The second-order valence-electron chi connectivity index (χ2n) is 4.92. The van der Waals surface area contributed by atoms with Gasteiger partial charge < -0.3 is 0 Å². The summed E-state index contributed by atoms with van der Waals surface area (Å²) in [6, 6.07) is 8.18. The van der Waals surface area contributed by atoms with E-state index >= 15 is 0 Å². The molecule has 0 heterocycles. The molecule has 1 aromatic carbocycles. The second kappa shape index (κ2) is 7.10. The molecule has 1 saturated carbocycles. The van der Waals surface area contributed by atoms with Gasteiger partial charge in [0.15, 0.2) is 0 Å². The number of carbonyl (C=O) groups is 1. The summed E-state index contributed by atoms with van der Waals surface area (Å²) >= 11 is 0. The van der Waals surface area contributed by atoms with E-state index in [2.05, 4.69) is 24.5 Å². The van der Waals surface area contributed by atoms with E-state index < -0.39 is 0 Å². The van der Waals surface area contributed by atoms with Crippen molar-refractivity contribution in [3.8, 4) is 0 Å². The molecule has 1 fully saturated rings. The minimum atomic E-state index is -0.202. The number of carbonyl (C=O) groups excluding carboxylic acids is 1. The van der Waals surface area contributed by atoms with Crippen LogP contribution in [0.3, 0.4) is 0 Å². The zero-order chi connectivity index (χ0) is 13.5. The van der Waals surface area contributed by atoms with E-state index in [1.54, 1.807) is 6.08 Å². The van der Waals surface area contributed by atoms with Crippen molar-refractivity contribution < 1.29 is 9.63 Å². The smallest absolute Gasteiger partial charge is 0.267 e. The standard InChI is InChI=1S/C16H21NO2/c1-2-13-7-9-14(10-8-13)11-12-16(18)17-19-15-5-3-4-6-15/h7-12,15H,2-6H2,1H3,(H,17,18)/b12-11+. The average Bonchev–Trinajstić information content (AvgIpc) is 2.96. The van der Waals surface area contributed by atoms with E-state index in [4.69, 9.17) is 4.84 Å². The Kier molecular flexibility index (Phi) is 5.16. The van der Waals surface area contributed by atoms with E-state index in [0.717, 1.165) is 24.8 Å². The van der Waals surface area contributed by atoms with Gasteiger partial charge in [-0.2, -0.15) is 0 Å². The highest BCUT2D eigenvalue weighted by Gasteiger charge is 2.16. The van der Waals surface area contributed by atoms with Crippen LogP contribution in [0.2, 0.25) is 0 Å². The van der Waals surface area contributed by atoms with Gasteiger partial charge in [-0.1, -0.05) is 44.0 Å². The van der Waals surface area contributed by atoms with Gasteiger partial charge in [-0.15, -0.1) is 0 Å². The van der Waals surface area contributed by atoms with Crippen molar-refractivity contribution in [3.63, 3.8) is 0 Å². The quantitative estimate of drug-likeness (QED) is 0.651. The van der Waals surface area contributed by atoms with Gasteiger partial charge in [0, 0.05) is 6.08 Å². The van der Waals surface area contributed by atoms with Crippen molar-refractivity contribution in [2.24, 2.45) is 0 Å². The number of nitrogens with one attached hydrogen (secondary N) is 1. The number of hydrogen-bond donors (Lipinski definition) is 1. The van der Waals surface area contributed by atoms with Crippen LogP contribution in [0.25, 0.3) is 6.08 Å². The zero-order valence-corrected chi connectivity index (χ0v) is 11.4. The summed E-state index contributed by atoms with van der Waals surface area (Å²) in [5.41, 5.74) is 4.81. The molecule has 1 amide bonds. The predicted molar refractivity (Wildman–Crippen MR) is 76.3 cm³/mol. The summed E-state index contributed by atoms with van der Waals surface area (Å²) in [5.74, 6) is -0.202. The molecule has 1 aromatic rings. The van der Waals surface area contributed by atoms with E-state index in [-0.39, 0.29) is 12.0 Å². The third-order valence-electron chi connectivity index (χ3n) is 3.44. The highest BCUT2D eigenvalue weighted by Crippen LogP contribution is 2.19. The van der Waals surface area contributed by atoms with Crippen LogP contribution in [0.1, 0.15) is 43.7 Å². The van der Waals surface area contributed by atoms with Crippen molar-refractivity contribution in [2.75, 3.05) is 0 Å². The van der Waals surface area contributed by atoms with Crippen LogP contribution in [0, 0.1) is 0 Å². The lowest BCUT2D eigenvalue weighted by Gasteiger charge is -2.09. The predicted octanol–water partition coefficient (Wildman–Crippen LogP) is 3.25. The fourth-order valence-corrected chi connectivity index (χ4v) is 2.22. The zero-order valence-electron chi connectivity index (χ0n) is 11.4. The van der Waals surface area contributed by atoms with Gasteiger partial charge in [0.25, 0.3) is 5.91 Å². The van der Waals surface area contributed by atoms with Gasteiger partial charge in [-0.05, 0) is 36.5 Å². The maximum absolute atomic E-state index is 11.6. The Hall–Kier alpha value is -1.61. The molecule has 0 radical (unpaired) electrons. The molecule has 0 saturated heterocycles. The van der Waals surface area contributed by atoms with Crippen LogP contribution in [-0.2, 0) is 16.1 Å². The Balaban J connectivity index is 1.78. The summed E-state index contributed by atoms with van der Waals surface area (Å²) in [4.78, 5) is 16.9. The Morgan fingerprint density at radius 3 is 2.63 bits per heavy atom. The first-order chi connectivity index (χ1) is 9.28. The summed E-state index contributed by atoms with van der Waals surface area (Å²) in [7, 11) is 0. The lowest BCUT2D eigenvalue weighted by atomic mass is 10.1. The Morgan fingerprint density at radius 1 is 1.32 bits per heavy atom. The normalized spacial score (nSPS) is 16.1. The monoisotopic (exact) mass is 259 g/mol. The van der Waals surface area contributed by atoms with Crippen molar-refractivity contribution in [1.82, 2.24) is 5.48 Å². The Morgan fingerprint density at radius 2 is 2.00 bits per heavy atom. The van der Waals surface area contributed by atoms with E-state index in [1.807, 2.05) is 12.1 Å². The molecule has 0 unspecified atom stereocenters. The molecule has 3 nitrogen and oxygen atoms in total. The molecule has 3 heteroatoms. The molecule has 1 N–H and O–H groups in total. The molecule has 0 spiro atoms. The Bertz CT molecular complexity index is 431. The number of hydroxylamine groups is 1. The largest absolute Gasteiger partial charge is 0.270 e. The molecule has 1 aliphatic rings. The third-order valence-corrected chi connectivity index (χ3v) is 3.44. The van der Waals surface area contributed by atoms with Crippen LogP contribution < -0.4 is 5.48 Å². The first-order valence-electron chi connectivity index (χ1n) is 7.00. The second-order valence-corrected chi connectivity index (χ2v) is 4.92. The molecular formula is C16H21NO2. The fraction of sp³-hybridized carbons (Fsp3) is 0.438. The van der Waals surface area contributed by atoms with Crippen LogP contribution in [-0.4, -0.2) is 12.0 Å². The number of benzene rings is 1. The van der Waals surface area contributed by atoms with E-state index in [0.29, 0.717) is 0 Å². The van der Waals surface area contributed by atoms with Crippen molar-refractivity contribution in [2.45, 2.75) is 45.1 Å². The molecule has 2 rings (SSSR count). The lowest BCUT2D eigenvalue weighted by molar-refractivity contribution is -0.132. The van der Waals surface area contributed by atoms with E-state index in [1.165, 1.54) is 24.5 Å². The van der Waals surface area contributed by atoms with Crippen LogP contribution in [0.15, 0.2) is 30.3 Å². The average molecular weight is 259 g/mol. The minimum Gasteiger partial charge on any atom is -0.270 e. The maximum atomic E-state index is 11.6. The molecule has 102 valence electrons. The van der Waals surface area contributed by atoms with Gasteiger partial charge >= 0.3 is 0 Å². The number of hydrogen-bond acceptors (Lipinski definition) is 2. The molecule has 19 heavy (non-hydrogen) atoms. The first kappa shape index (κ1) is 13.8. The molecule has 1 aliphatic carbocycles. The Labute approximate surface area is 114 Å². The summed E-state index contributed by atoms with van der Waals surface area (Å²) < 4.78 is 0. The minimum absolute atomic E-state index is 0.196. The van der Waals surface area contributed by atoms with E-state index in [9.17, 15) is 4.79 Å². The first-order valence-corrected chi connectivity index (χ1v) is 7.00. The number of rotatable bonds is 5. The third kappa shape index (κ3) is 4.52. The molecule has 0 bridgehead atoms. The van der Waals surface area contributed by atoms with Crippen molar-refractivity contribution in [3.05, 3.63) is 41.5 Å². The molecule has 0 aliphatic heterocycles. The lowest BCUT2D eigenvalue weighted by Crippen LogP contribution is -2.26. The summed E-state index contributed by atoms with van der Waals surface area (Å²) in [6.45, 7) is 2.12. The topological polar surface area (TPSA) is 38.3 Å². The van der Waals surface area contributed by atoms with Gasteiger partial charge in [-0.3, -0.25) is 9.63 Å². The number of amides is 1. The highest BCUT2D eigenvalue weighted by molar-refractivity contribution is 5.90. The summed E-state index contributed by atoms with van der Waals surface area (Å²) in [5, 5.41) is 0. The molecule has 0 atom stereocenters. The van der Waals surface area contributed by atoms with Gasteiger partial charge in [0.2, 0.25) is 0 Å². The molecule has 0 aromatic heterocycles.